The van der Waals surface area contributed by atoms with Crippen molar-refractivity contribution in [2.75, 3.05) is 24.7 Å². The van der Waals surface area contributed by atoms with E-state index in [0.29, 0.717) is 37.3 Å². The molecule has 154 valence electrons. The molecule has 29 heavy (non-hydrogen) atoms. The molecular weight excluding hydrogens is 390 g/mol. The van der Waals surface area contributed by atoms with Gasteiger partial charge in [-0.2, -0.15) is 0 Å². The van der Waals surface area contributed by atoms with E-state index >= 15 is 0 Å². The summed E-state index contributed by atoms with van der Waals surface area (Å²) >= 11 is 0. The Bertz CT molecular complexity index is 1040. The number of sulfone groups is 1. The second kappa shape index (κ2) is 8.32. The largest absolute Gasteiger partial charge is 0.339 e. The molecule has 1 aliphatic heterocycles. The number of hydrogen-bond acceptors (Lipinski definition) is 5. The number of likely N-dealkylation sites (tertiary alicyclic amines) is 1. The molecule has 1 aromatic carbocycles. The summed E-state index contributed by atoms with van der Waals surface area (Å²) < 4.78 is 23.6. The zero-order valence-electron chi connectivity index (χ0n) is 16.8. The molecule has 7 nitrogen and oxygen atoms in total. The van der Waals surface area contributed by atoms with Gasteiger partial charge in [-0.15, -0.1) is 0 Å². The van der Waals surface area contributed by atoms with Crippen LogP contribution in [0.15, 0.2) is 41.4 Å². The third-order valence-electron chi connectivity index (χ3n) is 5.19. The minimum absolute atomic E-state index is 0.0922. The Morgan fingerprint density at radius 2 is 1.79 bits per heavy atom. The first kappa shape index (κ1) is 21.0. The minimum Gasteiger partial charge on any atom is -0.339 e. The zero-order valence-corrected chi connectivity index (χ0v) is 17.6. The van der Waals surface area contributed by atoms with Crippen molar-refractivity contribution in [2.45, 2.75) is 31.6 Å². The Kier molecular flexibility index (Phi) is 6.02. The van der Waals surface area contributed by atoms with Crippen LogP contribution in [-0.2, 0) is 14.6 Å². The van der Waals surface area contributed by atoms with E-state index in [1.54, 1.807) is 24.1 Å². The fourth-order valence-corrected chi connectivity index (χ4v) is 4.06. The average Bonchev–Trinajstić information content (AvgIpc) is 2.67. The summed E-state index contributed by atoms with van der Waals surface area (Å²) in [6.07, 6.45) is 3.88. The highest BCUT2D eigenvalue weighted by Crippen LogP contribution is 2.23. The highest BCUT2D eigenvalue weighted by molar-refractivity contribution is 7.90. The van der Waals surface area contributed by atoms with Gasteiger partial charge in [0.1, 0.15) is 5.82 Å². The maximum absolute atomic E-state index is 12.9. The van der Waals surface area contributed by atoms with Gasteiger partial charge in [0.05, 0.1) is 4.90 Å². The number of nitrogens with one attached hydrogen (secondary N) is 1. The summed E-state index contributed by atoms with van der Waals surface area (Å²) in [7, 11) is -3.39. The lowest BCUT2D eigenvalue weighted by Crippen LogP contribution is -2.41. The van der Waals surface area contributed by atoms with Crippen molar-refractivity contribution in [3.63, 3.8) is 0 Å². The fraction of sp³-hybridized carbons (Fsp3) is 0.381. The number of anilines is 1. The van der Waals surface area contributed by atoms with E-state index in [0.717, 1.165) is 17.4 Å². The molecule has 1 saturated heterocycles. The number of rotatable bonds is 4. The first-order chi connectivity index (χ1) is 13.6. The Hall–Kier alpha value is -2.74. The van der Waals surface area contributed by atoms with Crippen LogP contribution in [0.1, 0.15) is 34.3 Å². The van der Waals surface area contributed by atoms with Crippen LogP contribution in [0.25, 0.3) is 0 Å². The first-order valence-corrected chi connectivity index (χ1v) is 11.4. The van der Waals surface area contributed by atoms with E-state index in [1.807, 2.05) is 19.1 Å². The summed E-state index contributed by atoms with van der Waals surface area (Å²) in [6.45, 7) is 4.61. The molecule has 1 aliphatic rings. The molecule has 2 aromatic rings. The number of pyridine rings is 1. The summed E-state index contributed by atoms with van der Waals surface area (Å²) in [5.74, 6) is 0.0456. The molecule has 0 saturated carbocycles. The number of nitrogens with zero attached hydrogens (tertiary/aromatic N) is 2. The van der Waals surface area contributed by atoms with Crippen LogP contribution in [-0.4, -0.2) is 49.5 Å². The van der Waals surface area contributed by atoms with Crippen molar-refractivity contribution in [1.82, 2.24) is 9.88 Å². The monoisotopic (exact) mass is 415 g/mol. The molecule has 0 unspecified atom stereocenters. The molecule has 0 bridgehead atoms. The molecule has 0 radical (unpaired) electrons. The maximum Gasteiger partial charge on any atom is 0.254 e. The summed E-state index contributed by atoms with van der Waals surface area (Å²) in [5.41, 5.74) is 2.13. The topological polar surface area (TPSA) is 96.4 Å². The summed E-state index contributed by atoms with van der Waals surface area (Å²) in [4.78, 5) is 31.4. The van der Waals surface area contributed by atoms with E-state index in [-0.39, 0.29) is 22.6 Å². The predicted molar refractivity (Wildman–Crippen MR) is 111 cm³/mol. The molecule has 0 spiro atoms. The van der Waals surface area contributed by atoms with Crippen molar-refractivity contribution in [1.29, 1.82) is 0 Å². The Morgan fingerprint density at radius 3 is 2.41 bits per heavy atom. The van der Waals surface area contributed by atoms with E-state index in [2.05, 4.69) is 10.3 Å². The van der Waals surface area contributed by atoms with E-state index in [4.69, 9.17) is 0 Å². The van der Waals surface area contributed by atoms with Gasteiger partial charge >= 0.3 is 0 Å². The maximum atomic E-state index is 12.9. The van der Waals surface area contributed by atoms with Crippen molar-refractivity contribution >= 4 is 27.5 Å². The standard InChI is InChI=1S/C21H25N3O4S/c1-14-6-9-22-19(12-14)23-20(25)16-7-10-24(11-8-16)21(26)18-13-17(29(3,27)28)5-4-15(18)2/h4-6,9,12-13,16H,7-8,10-11H2,1-3H3,(H,22,23,25). The molecule has 1 fully saturated rings. The molecule has 0 atom stereocenters. The Labute approximate surface area is 171 Å². The number of aromatic nitrogens is 1. The van der Waals surface area contributed by atoms with E-state index < -0.39 is 9.84 Å². The lowest BCUT2D eigenvalue weighted by molar-refractivity contribution is -0.121. The molecule has 1 N–H and O–H groups in total. The number of aryl methyl sites for hydroxylation is 2. The number of hydrogen-bond donors (Lipinski definition) is 1. The Balaban J connectivity index is 1.65. The van der Waals surface area contributed by atoms with Crippen LogP contribution in [0.4, 0.5) is 5.82 Å². The number of benzene rings is 1. The van der Waals surface area contributed by atoms with Gasteiger partial charge in [0, 0.05) is 37.0 Å². The molecule has 2 amide bonds. The van der Waals surface area contributed by atoms with Crippen molar-refractivity contribution < 1.29 is 18.0 Å². The lowest BCUT2D eigenvalue weighted by Gasteiger charge is -2.31. The number of carbonyl (C=O) groups excluding carboxylic acids is 2. The summed E-state index contributed by atoms with van der Waals surface area (Å²) in [6, 6.07) is 8.28. The third kappa shape index (κ3) is 5.00. The van der Waals surface area contributed by atoms with Crippen LogP contribution in [0.3, 0.4) is 0 Å². The van der Waals surface area contributed by atoms with Crippen molar-refractivity contribution in [2.24, 2.45) is 5.92 Å². The van der Waals surface area contributed by atoms with Gasteiger partial charge in [0.25, 0.3) is 5.91 Å². The zero-order chi connectivity index (χ0) is 21.2. The molecule has 0 aliphatic carbocycles. The van der Waals surface area contributed by atoms with E-state index in [1.165, 1.54) is 12.1 Å². The van der Waals surface area contributed by atoms with Gasteiger partial charge in [-0.3, -0.25) is 9.59 Å². The third-order valence-corrected chi connectivity index (χ3v) is 6.30. The molecule has 8 heteroatoms. The molecule has 1 aromatic heterocycles. The summed E-state index contributed by atoms with van der Waals surface area (Å²) in [5, 5.41) is 2.84. The molecule has 2 heterocycles. The van der Waals surface area contributed by atoms with Gasteiger partial charge in [0.2, 0.25) is 5.91 Å². The van der Waals surface area contributed by atoms with Crippen molar-refractivity contribution in [3.05, 3.63) is 53.2 Å². The van der Waals surface area contributed by atoms with E-state index in [9.17, 15) is 18.0 Å². The highest BCUT2D eigenvalue weighted by atomic mass is 32.2. The number of piperidine rings is 1. The number of amides is 2. The highest BCUT2D eigenvalue weighted by Gasteiger charge is 2.29. The quantitative estimate of drug-likeness (QED) is 0.828. The van der Waals surface area contributed by atoms with Gasteiger partial charge in [0.15, 0.2) is 9.84 Å². The van der Waals surface area contributed by atoms with Crippen molar-refractivity contribution in [3.8, 4) is 0 Å². The number of carbonyl (C=O) groups is 2. The van der Waals surface area contributed by atoms with Crippen LogP contribution in [0, 0.1) is 19.8 Å². The van der Waals surface area contributed by atoms with Gasteiger partial charge < -0.3 is 10.2 Å². The smallest absolute Gasteiger partial charge is 0.254 e. The first-order valence-electron chi connectivity index (χ1n) is 9.48. The van der Waals surface area contributed by atoms with Crippen LogP contribution in [0.5, 0.6) is 0 Å². The van der Waals surface area contributed by atoms with Crippen LogP contribution >= 0.6 is 0 Å². The second-order valence-electron chi connectivity index (χ2n) is 7.52. The molecular formula is C21H25N3O4S. The SMILES string of the molecule is Cc1ccnc(NC(=O)C2CCN(C(=O)c3cc(S(C)(=O)=O)ccc3C)CC2)c1. The fourth-order valence-electron chi connectivity index (χ4n) is 3.41. The van der Waals surface area contributed by atoms with Gasteiger partial charge in [-0.25, -0.2) is 13.4 Å². The predicted octanol–water partition coefficient (Wildman–Crippen LogP) is 2.59. The Morgan fingerprint density at radius 1 is 1.10 bits per heavy atom. The van der Waals surface area contributed by atoms with Gasteiger partial charge in [-0.1, -0.05) is 6.07 Å². The van der Waals surface area contributed by atoms with Crippen LogP contribution < -0.4 is 5.32 Å². The minimum atomic E-state index is -3.39. The van der Waals surface area contributed by atoms with Gasteiger partial charge in [-0.05, 0) is 62.1 Å². The average molecular weight is 416 g/mol. The van der Waals surface area contributed by atoms with Crippen LogP contribution in [0.2, 0.25) is 0 Å². The normalized spacial score (nSPS) is 15.2. The lowest BCUT2D eigenvalue weighted by atomic mass is 9.95. The second-order valence-corrected chi connectivity index (χ2v) is 9.54. The molecule has 3 rings (SSSR count).